The van der Waals surface area contributed by atoms with Gasteiger partial charge in [0.2, 0.25) is 0 Å². The molecule has 3 rings (SSSR count). The monoisotopic (exact) mass is 372 g/mol. The molecule has 5 heteroatoms. The van der Waals surface area contributed by atoms with Crippen LogP contribution in [0.15, 0.2) is 47.8 Å². The molecule has 130 valence electrons. The van der Waals surface area contributed by atoms with Crippen LogP contribution in [-0.4, -0.2) is 28.6 Å². The summed E-state index contributed by atoms with van der Waals surface area (Å²) in [5, 5.41) is 15.9. The highest BCUT2D eigenvalue weighted by molar-refractivity contribution is 7.13. The van der Waals surface area contributed by atoms with Gasteiger partial charge in [0.15, 0.2) is 0 Å². The van der Waals surface area contributed by atoms with E-state index in [0.29, 0.717) is 6.54 Å². The largest absolute Gasteiger partial charge is 0.390 e. The first-order valence-corrected chi connectivity index (χ1v) is 9.59. The highest BCUT2D eigenvalue weighted by Crippen LogP contribution is 2.31. The number of aryl methyl sites for hydroxylation is 2. The number of benzene rings is 2. The standard InChI is InChI=1S/C20H21ClN2OS/c1-13-6-7-18(14(2)8-13)19-12-25-20(23-19)15-4-3-5-16(9-15)22-11-17(24)10-21/h3-9,12,17,22,24H,10-11H2,1-2H3. The fraction of sp³-hybridized carbons (Fsp3) is 0.250. The fourth-order valence-corrected chi connectivity index (χ4v) is 3.61. The van der Waals surface area contributed by atoms with Crippen molar-refractivity contribution in [2.45, 2.75) is 20.0 Å². The number of anilines is 1. The van der Waals surface area contributed by atoms with Gasteiger partial charge in [0.25, 0.3) is 0 Å². The first-order valence-electron chi connectivity index (χ1n) is 8.18. The van der Waals surface area contributed by atoms with Crippen molar-refractivity contribution in [2.24, 2.45) is 0 Å². The van der Waals surface area contributed by atoms with Crippen LogP contribution in [-0.2, 0) is 0 Å². The number of rotatable bonds is 6. The Morgan fingerprint density at radius 1 is 1.20 bits per heavy atom. The number of alkyl halides is 1. The van der Waals surface area contributed by atoms with Crippen molar-refractivity contribution >= 4 is 28.6 Å². The second kappa shape index (κ2) is 8.00. The summed E-state index contributed by atoms with van der Waals surface area (Å²) in [7, 11) is 0. The van der Waals surface area contributed by atoms with Crippen LogP contribution >= 0.6 is 22.9 Å². The van der Waals surface area contributed by atoms with Crippen LogP contribution < -0.4 is 5.32 Å². The Labute approximate surface area is 157 Å². The summed E-state index contributed by atoms with van der Waals surface area (Å²) in [4.78, 5) is 4.81. The first-order chi connectivity index (χ1) is 12.1. The SMILES string of the molecule is Cc1ccc(-c2csc(-c3cccc(NCC(O)CCl)c3)n2)c(C)c1. The minimum Gasteiger partial charge on any atom is -0.390 e. The van der Waals surface area contributed by atoms with E-state index >= 15 is 0 Å². The van der Waals surface area contributed by atoms with Gasteiger partial charge >= 0.3 is 0 Å². The Balaban J connectivity index is 1.82. The Morgan fingerprint density at radius 3 is 2.80 bits per heavy atom. The van der Waals surface area contributed by atoms with Crippen LogP contribution in [0, 0.1) is 13.8 Å². The number of hydrogen-bond acceptors (Lipinski definition) is 4. The third-order valence-electron chi connectivity index (χ3n) is 3.99. The molecule has 3 aromatic rings. The third-order valence-corrected chi connectivity index (χ3v) is 5.24. The predicted molar refractivity (Wildman–Crippen MR) is 108 cm³/mol. The Hall–Kier alpha value is -1.88. The van der Waals surface area contributed by atoms with E-state index in [1.54, 1.807) is 11.3 Å². The predicted octanol–water partition coefficient (Wildman–Crippen LogP) is 5.11. The molecule has 0 aliphatic carbocycles. The molecule has 0 bridgehead atoms. The lowest BCUT2D eigenvalue weighted by atomic mass is 10.0. The van der Waals surface area contributed by atoms with Crippen molar-refractivity contribution in [3.8, 4) is 21.8 Å². The Bertz CT molecular complexity index is 862. The van der Waals surface area contributed by atoms with E-state index in [1.807, 2.05) is 24.3 Å². The van der Waals surface area contributed by atoms with Crippen LogP contribution in [0.3, 0.4) is 0 Å². The van der Waals surface area contributed by atoms with Gasteiger partial charge in [0.1, 0.15) is 5.01 Å². The van der Waals surface area contributed by atoms with Gasteiger partial charge in [-0.3, -0.25) is 0 Å². The average Bonchev–Trinajstić information content (AvgIpc) is 3.09. The zero-order valence-electron chi connectivity index (χ0n) is 14.3. The molecule has 0 radical (unpaired) electrons. The molecule has 3 nitrogen and oxygen atoms in total. The lowest BCUT2D eigenvalue weighted by molar-refractivity contribution is 0.211. The molecule has 1 unspecified atom stereocenters. The second-order valence-corrected chi connectivity index (χ2v) is 7.29. The number of hydrogen-bond donors (Lipinski definition) is 2. The van der Waals surface area contributed by atoms with E-state index in [0.717, 1.165) is 22.0 Å². The first kappa shape index (κ1) is 17.9. The number of nitrogens with zero attached hydrogens (tertiary/aromatic N) is 1. The number of nitrogens with one attached hydrogen (secondary N) is 1. The lowest BCUT2D eigenvalue weighted by Crippen LogP contribution is -2.20. The van der Waals surface area contributed by atoms with E-state index < -0.39 is 6.10 Å². The minimum absolute atomic E-state index is 0.221. The molecule has 0 aliphatic heterocycles. The Morgan fingerprint density at radius 2 is 2.04 bits per heavy atom. The van der Waals surface area contributed by atoms with Gasteiger partial charge in [-0.2, -0.15) is 0 Å². The number of aromatic nitrogens is 1. The van der Waals surface area contributed by atoms with Crippen molar-refractivity contribution in [2.75, 3.05) is 17.7 Å². The molecule has 1 heterocycles. The van der Waals surface area contributed by atoms with E-state index in [-0.39, 0.29) is 5.88 Å². The van der Waals surface area contributed by atoms with Crippen LogP contribution in [0.4, 0.5) is 5.69 Å². The fourth-order valence-electron chi connectivity index (χ4n) is 2.68. The van der Waals surface area contributed by atoms with E-state index in [2.05, 4.69) is 42.7 Å². The van der Waals surface area contributed by atoms with Crippen LogP contribution in [0.1, 0.15) is 11.1 Å². The quantitative estimate of drug-likeness (QED) is 0.591. The van der Waals surface area contributed by atoms with Crippen LogP contribution in [0.25, 0.3) is 21.8 Å². The zero-order chi connectivity index (χ0) is 17.8. The van der Waals surface area contributed by atoms with Gasteiger partial charge in [-0.15, -0.1) is 22.9 Å². The highest BCUT2D eigenvalue weighted by Gasteiger charge is 2.10. The molecule has 2 N–H and O–H groups in total. The summed E-state index contributed by atoms with van der Waals surface area (Å²) < 4.78 is 0. The maximum atomic E-state index is 9.58. The highest BCUT2D eigenvalue weighted by atomic mass is 35.5. The summed E-state index contributed by atoms with van der Waals surface area (Å²) in [5.74, 6) is 0.221. The van der Waals surface area contributed by atoms with Crippen molar-refractivity contribution in [1.29, 1.82) is 0 Å². The molecule has 0 spiro atoms. The number of aliphatic hydroxyl groups is 1. The summed E-state index contributed by atoms with van der Waals surface area (Å²) in [5.41, 5.74) is 6.69. The normalized spacial score (nSPS) is 12.2. The van der Waals surface area contributed by atoms with Gasteiger partial charge in [-0.05, 0) is 31.5 Å². The van der Waals surface area contributed by atoms with Crippen molar-refractivity contribution < 1.29 is 5.11 Å². The molecule has 1 atom stereocenters. The molecule has 1 aromatic heterocycles. The Kier molecular flexibility index (Phi) is 5.74. The second-order valence-electron chi connectivity index (χ2n) is 6.13. The molecule has 0 saturated heterocycles. The van der Waals surface area contributed by atoms with Crippen molar-refractivity contribution in [1.82, 2.24) is 4.98 Å². The smallest absolute Gasteiger partial charge is 0.124 e. The lowest BCUT2D eigenvalue weighted by Gasteiger charge is -2.10. The average molecular weight is 373 g/mol. The van der Waals surface area contributed by atoms with Gasteiger partial charge in [-0.1, -0.05) is 35.9 Å². The van der Waals surface area contributed by atoms with E-state index in [4.69, 9.17) is 16.6 Å². The molecule has 25 heavy (non-hydrogen) atoms. The minimum atomic E-state index is -0.554. The maximum Gasteiger partial charge on any atom is 0.124 e. The van der Waals surface area contributed by atoms with E-state index in [1.165, 1.54) is 16.7 Å². The van der Waals surface area contributed by atoms with Gasteiger partial charge < -0.3 is 10.4 Å². The van der Waals surface area contributed by atoms with Gasteiger partial charge in [0, 0.05) is 28.7 Å². The van der Waals surface area contributed by atoms with Gasteiger partial charge in [-0.25, -0.2) is 4.98 Å². The summed E-state index contributed by atoms with van der Waals surface area (Å²) in [6.45, 7) is 4.65. The molecular weight excluding hydrogens is 352 g/mol. The van der Waals surface area contributed by atoms with Crippen molar-refractivity contribution in [3.05, 3.63) is 59.0 Å². The number of thiazole rings is 1. The molecule has 0 fully saturated rings. The summed E-state index contributed by atoms with van der Waals surface area (Å²) >= 11 is 7.27. The number of halogens is 1. The number of aliphatic hydroxyl groups excluding tert-OH is 1. The third kappa shape index (κ3) is 4.40. The van der Waals surface area contributed by atoms with Crippen LogP contribution in [0.5, 0.6) is 0 Å². The van der Waals surface area contributed by atoms with Crippen molar-refractivity contribution in [3.63, 3.8) is 0 Å². The van der Waals surface area contributed by atoms with Gasteiger partial charge in [0.05, 0.1) is 17.7 Å². The summed E-state index contributed by atoms with van der Waals surface area (Å²) in [6.07, 6.45) is -0.554. The topological polar surface area (TPSA) is 45.1 Å². The van der Waals surface area contributed by atoms with E-state index in [9.17, 15) is 5.11 Å². The molecule has 0 aliphatic rings. The molecular formula is C20H21ClN2OS. The molecule has 0 amide bonds. The van der Waals surface area contributed by atoms with Crippen LogP contribution in [0.2, 0.25) is 0 Å². The maximum absolute atomic E-state index is 9.58. The molecule has 0 saturated carbocycles. The summed E-state index contributed by atoms with van der Waals surface area (Å²) in [6, 6.07) is 14.5. The molecule has 2 aromatic carbocycles. The zero-order valence-corrected chi connectivity index (χ0v) is 15.9.